The Balaban J connectivity index is 1.51. The van der Waals surface area contributed by atoms with E-state index >= 15 is 0 Å². The first kappa shape index (κ1) is 17.2. The zero-order chi connectivity index (χ0) is 17.0. The number of sulfonamides is 1. The summed E-state index contributed by atoms with van der Waals surface area (Å²) in [5.41, 5.74) is 0. The van der Waals surface area contributed by atoms with Gasteiger partial charge in [0, 0.05) is 38.6 Å². The van der Waals surface area contributed by atoms with Crippen LogP contribution >= 0.6 is 0 Å². The van der Waals surface area contributed by atoms with Crippen molar-refractivity contribution in [3.8, 4) is 0 Å². The highest BCUT2D eigenvalue weighted by molar-refractivity contribution is 7.89. The molecule has 1 fully saturated rings. The molecule has 0 N–H and O–H groups in total. The Morgan fingerprint density at radius 1 is 1.25 bits per heavy atom. The van der Waals surface area contributed by atoms with Crippen molar-refractivity contribution in [3.05, 3.63) is 31.0 Å². The quantitative estimate of drug-likeness (QED) is 0.764. The van der Waals surface area contributed by atoms with Crippen LogP contribution in [0.5, 0.6) is 0 Å². The minimum absolute atomic E-state index is 0.309. The van der Waals surface area contributed by atoms with Crippen LogP contribution in [-0.2, 0) is 23.1 Å². The van der Waals surface area contributed by atoms with Gasteiger partial charge in [0.15, 0.2) is 5.03 Å². The van der Waals surface area contributed by atoms with Crippen molar-refractivity contribution in [2.75, 3.05) is 13.1 Å². The van der Waals surface area contributed by atoms with Gasteiger partial charge in [-0.05, 0) is 44.6 Å². The Morgan fingerprint density at radius 3 is 2.71 bits per heavy atom. The number of imidazole rings is 1. The number of aromatic nitrogens is 4. The third kappa shape index (κ3) is 3.70. The van der Waals surface area contributed by atoms with Crippen LogP contribution in [0.1, 0.15) is 32.6 Å². The van der Waals surface area contributed by atoms with E-state index in [4.69, 9.17) is 0 Å². The van der Waals surface area contributed by atoms with Gasteiger partial charge < -0.3 is 4.57 Å². The summed E-state index contributed by atoms with van der Waals surface area (Å²) in [6.45, 7) is 4.65. The highest BCUT2D eigenvalue weighted by atomic mass is 32.2. The summed E-state index contributed by atoms with van der Waals surface area (Å²) in [6, 6.07) is 1.59. The predicted octanol–water partition coefficient (Wildman–Crippen LogP) is 1.98. The lowest BCUT2D eigenvalue weighted by molar-refractivity contribution is 0.256. The zero-order valence-electron chi connectivity index (χ0n) is 14.1. The predicted molar refractivity (Wildman–Crippen MR) is 90.8 cm³/mol. The number of rotatable bonds is 7. The minimum Gasteiger partial charge on any atom is -0.337 e. The van der Waals surface area contributed by atoms with Crippen LogP contribution in [0.2, 0.25) is 0 Å². The van der Waals surface area contributed by atoms with E-state index in [1.165, 1.54) is 0 Å². The molecule has 0 bridgehead atoms. The molecule has 2 aromatic rings. The van der Waals surface area contributed by atoms with Crippen LogP contribution in [0.25, 0.3) is 0 Å². The molecular formula is C16H25N5O2S. The Kier molecular flexibility index (Phi) is 5.35. The van der Waals surface area contributed by atoms with Gasteiger partial charge in [0.25, 0.3) is 10.0 Å². The van der Waals surface area contributed by atoms with Gasteiger partial charge in [0.2, 0.25) is 0 Å². The first-order chi connectivity index (χ1) is 11.6. The van der Waals surface area contributed by atoms with Crippen molar-refractivity contribution in [1.29, 1.82) is 0 Å². The van der Waals surface area contributed by atoms with Gasteiger partial charge in [-0.3, -0.25) is 4.68 Å². The van der Waals surface area contributed by atoms with Gasteiger partial charge in [-0.15, -0.1) is 0 Å². The molecule has 1 saturated heterocycles. The van der Waals surface area contributed by atoms with Crippen LogP contribution in [0, 0.1) is 5.92 Å². The molecule has 0 radical (unpaired) electrons. The van der Waals surface area contributed by atoms with Crippen LogP contribution < -0.4 is 0 Å². The van der Waals surface area contributed by atoms with E-state index in [9.17, 15) is 8.42 Å². The molecule has 0 atom stereocenters. The molecule has 0 aliphatic carbocycles. The van der Waals surface area contributed by atoms with Crippen molar-refractivity contribution in [1.82, 2.24) is 23.6 Å². The molecular weight excluding hydrogens is 326 g/mol. The molecule has 0 spiro atoms. The standard InChI is InChI=1S/C16H25N5O2S/c1-2-21-16(5-8-18-21)24(22,23)20-11-6-15(7-12-20)4-3-10-19-13-9-17-14-19/h5,8-9,13-15H,2-4,6-7,10-12H2,1H3. The molecule has 0 aromatic carbocycles. The summed E-state index contributed by atoms with van der Waals surface area (Å²) >= 11 is 0. The lowest BCUT2D eigenvalue weighted by atomic mass is 9.93. The molecule has 1 aliphatic heterocycles. The normalized spacial score (nSPS) is 17.4. The van der Waals surface area contributed by atoms with E-state index in [1.807, 2.05) is 19.4 Å². The first-order valence-electron chi connectivity index (χ1n) is 8.59. The molecule has 132 valence electrons. The van der Waals surface area contributed by atoms with Gasteiger partial charge in [-0.1, -0.05) is 0 Å². The highest BCUT2D eigenvalue weighted by Crippen LogP contribution is 2.26. The van der Waals surface area contributed by atoms with E-state index in [-0.39, 0.29) is 0 Å². The second kappa shape index (κ2) is 7.48. The van der Waals surface area contributed by atoms with Crippen molar-refractivity contribution in [2.45, 2.75) is 50.7 Å². The van der Waals surface area contributed by atoms with Crippen LogP contribution in [-0.4, -0.2) is 45.1 Å². The third-order valence-electron chi connectivity index (χ3n) is 4.74. The lowest BCUT2D eigenvalue weighted by Crippen LogP contribution is -2.39. The zero-order valence-corrected chi connectivity index (χ0v) is 14.9. The Morgan fingerprint density at radius 2 is 2.04 bits per heavy atom. The Hall–Kier alpha value is -1.67. The topological polar surface area (TPSA) is 73.0 Å². The maximum absolute atomic E-state index is 12.8. The highest BCUT2D eigenvalue weighted by Gasteiger charge is 2.31. The fourth-order valence-corrected chi connectivity index (χ4v) is 4.96. The fourth-order valence-electron chi connectivity index (χ4n) is 3.33. The van der Waals surface area contributed by atoms with Crippen molar-refractivity contribution < 1.29 is 8.42 Å². The molecule has 3 heterocycles. The Bertz CT molecular complexity index is 730. The average molecular weight is 351 g/mol. The molecule has 0 saturated carbocycles. The van der Waals surface area contributed by atoms with E-state index < -0.39 is 10.0 Å². The molecule has 3 rings (SSSR count). The van der Waals surface area contributed by atoms with E-state index in [2.05, 4.69) is 14.6 Å². The maximum Gasteiger partial charge on any atom is 0.260 e. The summed E-state index contributed by atoms with van der Waals surface area (Å²) in [5.74, 6) is 0.607. The molecule has 8 heteroatoms. The number of aryl methyl sites for hydroxylation is 2. The molecule has 0 amide bonds. The minimum atomic E-state index is -3.42. The first-order valence-corrected chi connectivity index (χ1v) is 10.0. The number of hydrogen-bond acceptors (Lipinski definition) is 4. The molecule has 7 nitrogen and oxygen atoms in total. The largest absolute Gasteiger partial charge is 0.337 e. The summed E-state index contributed by atoms with van der Waals surface area (Å²) < 4.78 is 30.8. The van der Waals surface area contributed by atoms with Crippen LogP contribution in [0.4, 0.5) is 0 Å². The maximum atomic E-state index is 12.8. The van der Waals surface area contributed by atoms with Crippen LogP contribution in [0.15, 0.2) is 36.0 Å². The van der Waals surface area contributed by atoms with Gasteiger partial charge in [-0.2, -0.15) is 9.40 Å². The van der Waals surface area contributed by atoms with Gasteiger partial charge in [0.05, 0.1) is 12.5 Å². The summed E-state index contributed by atoms with van der Waals surface area (Å²) in [5, 5.41) is 4.39. The Labute approximate surface area is 143 Å². The van der Waals surface area contributed by atoms with E-state index in [0.29, 0.717) is 30.6 Å². The number of piperidine rings is 1. The summed E-state index contributed by atoms with van der Waals surface area (Å²) in [4.78, 5) is 4.05. The monoisotopic (exact) mass is 351 g/mol. The van der Waals surface area contributed by atoms with E-state index in [1.54, 1.807) is 27.4 Å². The van der Waals surface area contributed by atoms with Crippen molar-refractivity contribution in [3.63, 3.8) is 0 Å². The third-order valence-corrected chi connectivity index (χ3v) is 6.66. The summed E-state index contributed by atoms with van der Waals surface area (Å²) in [6.07, 6.45) is 11.3. The lowest BCUT2D eigenvalue weighted by Gasteiger charge is -2.31. The molecule has 0 unspecified atom stereocenters. The molecule has 1 aliphatic rings. The molecule has 2 aromatic heterocycles. The summed E-state index contributed by atoms with van der Waals surface area (Å²) in [7, 11) is -3.42. The van der Waals surface area contributed by atoms with Crippen molar-refractivity contribution >= 4 is 10.0 Å². The SMILES string of the molecule is CCn1nccc1S(=O)(=O)N1CCC(CCCn2ccnc2)CC1. The van der Waals surface area contributed by atoms with Crippen LogP contribution in [0.3, 0.4) is 0 Å². The smallest absolute Gasteiger partial charge is 0.260 e. The number of nitrogens with zero attached hydrogens (tertiary/aromatic N) is 5. The second-order valence-corrected chi connectivity index (χ2v) is 8.16. The van der Waals surface area contributed by atoms with Crippen molar-refractivity contribution in [2.24, 2.45) is 5.92 Å². The van der Waals surface area contributed by atoms with Gasteiger partial charge in [0.1, 0.15) is 0 Å². The van der Waals surface area contributed by atoms with Gasteiger partial charge >= 0.3 is 0 Å². The van der Waals surface area contributed by atoms with E-state index in [0.717, 1.165) is 32.2 Å². The average Bonchev–Trinajstić information content (AvgIpc) is 3.27. The molecule has 24 heavy (non-hydrogen) atoms. The fraction of sp³-hybridized carbons (Fsp3) is 0.625. The van der Waals surface area contributed by atoms with Gasteiger partial charge in [-0.25, -0.2) is 13.4 Å². The number of hydrogen-bond donors (Lipinski definition) is 0. The second-order valence-electron chi connectivity index (χ2n) is 6.28.